The highest BCUT2D eigenvalue weighted by Crippen LogP contribution is 2.26. The minimum absolute atomic E-state index is 0.275. The summed E-state index contributed by atoms with van der Waals surface area (Å²) in [5.41, 5.74) is 9.86. The van der Waals surface area contributed by atoms with Crippen molar-refractivity contribution in [2.75, 3.05) is 58.5 Å². The van der Waals surface area contributed by atoms with Gasteiger partial charge >= 0.3 is 7.12 Å². The van der Waals surface area contributed by atoms with E-state index in [4.69, 9.17) is 88.0 Å². The number of halogens is 7. The van der Waals surface area contributed by atoms with Crippen molar-refractivity contribution in [3.63, 3.8) is 0 Å². The molecule has 27 heteroatoms. The summed E-state index contributed by atoms with van der Waals surface area (Å²) in [6, 6.07) is 24.8. The number of nitrogens with one attached hydrogen (secondary N) is 1. The van der Waals surface area contributed by atoms with Crippen LogP contribution in [-0.4, -0.2) is 115 Å². The molecule has 0 aliphatic rings. The molecule has 16 nitrogen and oxygen atoms in total. The fourth-order valence-electron chi connectivity index (χ4n) is 5.83. The van der Waals surface area contributed by atoms with Crippen LogP contribution in [0.1, 0.15) is 11.1 Å². The number of pyridine rings is 3. The van der Waals surface area contributed by atoms with Crippen LogP contribution < -0.4 is 30.7 Å². The van der Waals surface area contributed by atoms with Crippen LogP contribution in [0, 0.1) is 11.6 Å². The SMILES string of the molecule is COc1ccc(-c2cc(Cl)nc(SC)n2)cn1.COc1ccc(-c2cc(NCCc3c(F)cccc3Cl)nc(SC)n2)cn1.COc1ccc(B(O)O)cn1.CSc1nc(Cl)cc(Cl)n1.NCCc1c(F)cccc1Cl. The van der Waals surface area contributed by atoms with Crippen LogP contribution in [0.25, 0.3) is 22.5 Å². The quantitative estimate of drug-likeness (QED) is 0.0324. The van der Waals surface area contributed by atoms with E-state index in [9.17, 15) is 8.78 Å². The first-order valence-electron chi connectivity index (χ1n) is 22.0. The molecule has 0 aliphatic carbocycles. The second kappa shape index (κ2) is 33.7. The molecule has 2 aromatic carbocycles. The fourth-order valence-corrected chi connectivity index (χ4v) is 8.23. The van der Waals surface area contributed by atoms with Crippen LogP contribution in [0.3, 0.4) is 0 Å². The number of hydrogen-bond acceptors (Lipinski definition) is 19. The van der Waals surface area contributed by atoms with Crippen molar-refractivity contribution in [2.24, 2.45) is 5.73 Å². The van der Waals surface area contributed by atoms with Gasteiger partial charge in [-0.15, -0.1) is 0 Å². The number of methoxy groups -OCH3 is 3. The lowest BCUT2D eigenvalue weighted by Crippen LogP contribution is -2.29. The minimum atomic E-state index is -1.46. The van der Waals surface area contributed by atoms with E-state index < -0.39 is 7.12 Å². The number of ether oxygens (including phenoxy) is 3. The zero-order valence-corrected chi connectivity index (χ0v) is 47.6. The number of nitrogens with two attached hydrogens (primary N) is 1. The van der Waals surface area contributed by atoms with Gasteiger partial charge in [0.2, 0.25) is 17.6 Å². The maximum absolute atomic E-state index is 13.9. The number of rotatable bonds is 15. The summed E-state index contributed by atoms with van der Waals surface area (Å²) in [5, 5.41) is 24.5. The standard InChI is InChI=1S/C19H18ClFN4OS.C11H10ClN3OS.C8H9ClFN.C6H8BNO3.C5H4Cl2N2S/c1-26-18-7-6-12(11-23-18)16-10-17(25-19(24-16)27-2)22-9-8-13-14(20)4-3-5-15(13)21;1-16-10-4-3-7(6-13-10)8-5-9(12)15-11(14-8)17-2;9-7-2-1-3-8(10)6(7)4-5-11;1-11-6-3-2-5(4-8-6)7(9)10;1-10-5-8-3(6)2-4(7)9-5/h3-7,10-11H,8-9H2,1-2H3,(H,22,24,25);3-6H,1-2H3;1-3H,4-5,11H2;2-4,9-10H,1H3;2H,1H3. The zero-order chi connectivity index (χ0) is 55.6. The highest BCUT2D eigenvalue weighted by Gasteiger charge is 2.12. The second-order valence-corrected chi connectivity index (χ2v) is 18.8. The van der Waals surface area contributed by atoms with E-state index in [0.29, 0.717) is 107 Å². The topological polar surface area (TPSA) is 222 Å². The Bertz CT molecular complexity index is 2990. The maximum atomic E-state index is 13.9. The van der Waals surface area contributed by atoms with E-state index >= 15 is 0 Å². The van der Waals surface area contributed by atoms with Crippen LogP contribution in [0.5, 0.6) is 17.6 Å². The molecule has 0 aliphatic heterocycles. The Labute approximate surface area is 476 Å². The third kappa shape index (κ3) is 21.2. The van der Waals surface area contributed by atoms with Gasteiger partial charge in [-0.1, -0.05) is 111 Å². The third-order valence-corrected chi connectivity index (χ3v) is 12.5. The average Bonchev–Trinajstić information content (AvgIpc) is 3.43. The molecule has 0 amide bonds. The van der Waals surface area contributed by atoms with E-state index in [1.807, 2.05) is 37.0 Å². The monoisotopic (exact) mass is 1190 g/mol. The molecule has 8 rings (SSSR count). The summed E-state index contributed by atoms with van der Waals surface area (Å²) in [5.74, 6) is 1.64. The predicted molar refractivity (Wildman–Crippen MR) is 304 cm³/mol. The number of hydrogen-bond donors (Lipinski definition) is 4. The number of anilines is 1. The lowest BCUT2D eigenvalue weighted by atomic mass is 9.82. The van der Waals surface area contributed by atoms with Crippen LogP contribution in [0.2, 0.25) is 25.5 Å². The van der Waals surface area contributed by atoms with Crippen molar-refractivity contribution in [3.8, 4) is 40.2 Å². The molecule has 76 heavy (non-hydrogen) atoms. The van der Waals surface area contributed by atoms with Crippen LogP contribution in [0.15, 0.2) is 125 Å². The Morgan fingerprint density at radius 1 is 0.553 bits per heavy atom. The van der Waals surface area contributed by atoms with Gasteiger partial charge in [-0.05, 0) is 80.6 Å². The van der Waals surface area contributed by atoms with Crippen LogP contribution >= 0.6 is 93.3 Å². The smallest absolute Gasteiger partial charge is 0.481 e. The fraction of sp³-hybridized carbons (Fsp3) is 0.204. The Hall–Kier alpha value is -5.37. The number of benzene rings is 2. The Morgan fingerprint density at radius 2 is 0.987 bits per heavy atom. The molecule has 6 heterocycles. The Morgan fingerprint density at radius 3 is 1.39 bits per heavy atom. The summed E-state index contributed by atoms with van der Waals surface area (Å²) in [4.78, 5) is 37.3. The summed E-state index contributed by atoms with van der Waals surface area (Å²) >= 11 is 33.2. The summed E-state index contributed by atoms with van der Waals surface area (Å²) in [6.07, 6.45) is 11.4. The van der Waals surface area contributed by atoms with Crippen molar-refractivity contribution in [1.29, 1.82) is 0 Å². The van der Waals surface area contributed by atoms with Gasteiger partial charge in [-0.2, -0.15) is 0 Å². The van der Waals surface area contributed by atoms with Crippen LogP contribution in [-0.2, 0) is 12.8 Å². The first-order chi connectivity index (χ1) is 36.5. The zero-order valence-electron chi connectivity index (χ0n) is 41.4. The second-order valence-electron chi connectivity index (χ2n) is 14.5. The van der Waals surface area contributed by atoms with Crippen molar-refractivity contribution in [1.82, 2.24) is 44.9 Å². The first-order valence-corrected chi connectivity index (χ1v) is 27.5. The van der Waals surface area contributed by atoms with Gasteiger partial charge in [0.25, 0.3) is 0 Å². The van der Waals surface area contributed by atoms with Crippen LogP contribution in [0.4, 0.5) is 14.6 Å². The van der Waals surface area contributed by atoms with Gasteiger partial charge in [-0.3, -0.25) is 0 Å². The van der Waals surface area contributed by atoms with Gasteiger partial charge in [0.15, 0.2) is 15.5 Å². The molecule has 0 spiro atoms. The molecular weight excluding hydrogens is 1140 g/mol. The van der Waals surface area contributed by atoms with Gasteiger partial charge in [0.05, 0.1) is 32.7 Å². The first kappa shape index (κ1) is 63.2. The third-order valence-electron chi connectivity index (χ3n) is 9.52. The van der Waals surface area contributed by atoms with Gasteiger partial charge < -0.3 is 35.3 Å². The molecule has 8 aromatic rings. The molecule has 0 fully saturated rings. The molecule has 0 unspecified atom stereocenters. The van der Waals surface area contributed by atoms with E-state index in [1.165, 1.54) is 72.9 Å². The molecule has 0 saturated heterocycles. The molecule has 400 valence electrons. The van der Waals surface area contributed by atoms with E-state index in [1.54, 1.807) is 75.1 Å². The normalized spacial score (nSPS) is 10.2. The van der Waals surface area contributed by atoms with Crippen molar-refractivity contribution < 1.29 is 33.0 Å². The molecule has 0 radical (unpaired) electrons. The summed E-state index contributed by atoms with van der Waals surface area (Å²) in [6.45, 7) is 0.909. The van der Waals surface area contributed by atoms with E-state index in [0.717, 1.165) is 22.5 Å². The lowest BCUT2D eigenvalue weighted by molar-refractivity contribution is 0.397. The lowest BCUT2D eigenvalue weighted by Gasteiger charge is -2.10. The highest BCUT2D eigenvalue weighted by molar-refractivity contribution is 7.98. The molecule has 0 atom stereocenters. The minimum Gasteiger partial charge on any atom is -0.481 e. The molecule has 0 saturated carbocycles. The molecule has 0 bridgehead atoms. The largest absolute Gasteiger partial charge is 0.490 e. The number of aromatic nitrogens is 9. The molecule has 5 N–H and O–H groups in total. The molecular formula is C49H49BCl5F2N11O5S3. The Balaban J connectivity index is 0.000000219. The summed E-state index contributed by atoms with van der Waals surface area (Å²) in [7, 11) is 3.18. The van der Waals surface area contributed by atoms with Gasteiger partial charge in [0, 0.05) is 93.2 Å². The van der Waals surface area contributed by atoms with Crippen molar-refractivity contribution in [3.05, 3.63) is 158 Å². The van der Waals surface area contributed by atoms with E-state index in [2.05, 4.69) is 50.2 Å². The summed E-state index contributed by atoms with van der Waals surface area (Å²) < 4.78 is 41.6. The Kier molecular flexibility index (Phi) is 28.0. The number of thioether (sulfide) groups is 3. The van der Waals surface area contributed by atoms with Gasteiger partial charge in [0.1, 0.15) is 32.9 Å². The van der Waals surface area contributed by atoms with Crippen molar-refractivity contribution >= 4 is 112 Å². The average molecular weight is 1190 g/mol. The number of nitrogens with zero attached hydrogens (tertiary/aromatic N) is 9. The molecule has 6 aromatic heterocycles. The van der Waals surface area contributed by atoms with E-state index in [-0.39, 0.29) is 11.6 Å². The maximum Gasteiger partial charge on any atom is 0.490 e. The van der Waals surface area contributed by atoms with Crippen molar-refractivity contribution in [2.45, 2.75) is 28.3 Å². The van der Waals surface area contributed by atoms with Gasteiger partial charge in [-0.25, -0.2) is 53.6 Å². The highest BCUT2D eigenvalue weighted by atomic mass is 35.5. The predicted octanol–water partition coefficient (Wildman–Crippen LogP) is 10.9.